The van der Waals surface area contributed by atoms with Crippen LogP contribution in [0.3, 0.4) is 0 Å². The number of nitrogens with zero attached hydrogens (tertiary/aromatic N) is 4. The predicted octanol–water partition coefficient (Wildman–Crippen LogP) is 4.17. The van der Waals surface area contributed by atoms with Crippen molar-refractivity contribution in [1.82, 2.24) is 14.9 Å². The summed E-state index contributed by atoms with van der Waals surface area (Å²) in [5, 5.41) is 1.20. The molecular formula is C21H30N4OS. The molecule has 0 saturated carbocycles. The molecule has 0 aromatic carbocycles. The van der Waals surface area contributed by atoms with Crippen LogP contribution in [0, 0.1) is 25.7 Å². The van der Waals surface area contributed by atoms with Gasteiger partial charge in [-0.3, -0.25) is 4.79 Å². The van der Waals surface area contributed by atoms with Crippen LogP contribution in [-0.2, 0) is 4.79 Å². The van der Waals surface area contributed by atoms with Crippen molar-refractivity contribution in [3.63, 3.8) is 0 Å². The van der Waals surface area contributed by atoms with Crippen molar-refractivity contribution >= 4 is 33.3 Å². The molecule has 2 aliphatic rings. The lowest BCUT2D eigenvalue weighted by atomic mass is 9.91. The van der Waals surface area contributed by atoms with E-state index >= 15 is 0 Å². The van der Waals surface area contributed by atoms with Crippen LogP contribution in [0.5, 0.6) is 0 Å². The van der Waals surface area contributed by atoms with Crippen molar-refractivity contribution in [2.75, 3.05) is 31.1 Å². The van der Waals surface area contributed by atoms with Crippen LogP contribution in [0.25, 0.3) is 10.2 Å². The van der Waals surface area contributed by atoms with E-state index in [-0.39, 0.29) is 5.92 Å². The molecule has 146 valence electrons. The molecule has 5 nitrogen and oxygen atoms in total. The van der Waals surface area contributed by atoms with Crippen LogP contribution in [0.4, 0.5) is 5.82 Å². The molecule has 1 atom stereocenters. The first-order valence-electron chi connectivity index (χ1n) is 10.3. The van der Waals surface area contributed by atoms with Crippen molar-refractivity contribution in [2.45, 2.75) is 52.9 Å². The first-order valence-corrected chi connectivity index (χ1v) is 11.1. The van der Waals surface area contributed by atoms with E-state index in [4.69, 9.17) is 0 Å². The summed E-state index contributed by atoms with van der Waals surface area (Å²) in [6.07, 6.45) is 7.18. The fourth-order valence-electron chi connectivity index (χ4n) is 4.60. The summed E-state index contributed by atoms with van der Waals surface area (Å²) in [6.45, 7) is 10.3. The molecule has 4 heterocycles. The molecular weight excluding hydrogens is 356 g/mol. The SMILES string of the molecule is CCC1CCCN(C(=O)C2CCN(c3ncnc4sc(C)c(C)c34)CC2)C1. The lowest BCUT2D eigenvalue weighted by Crippen LogP contribution is -2.46. The summed E-state index contributed by atoms with van der Waals surface area (Å²) >= 11 is 1.74. The normalized spacial score (nSPS) is 21.8. The summed E-state index contributed by atoms with van der Waals surface area (Å²) < 4.78 is 0. The van der Waals surface area contributed by atoms with Crippen molar-refractivity contribution in [3.8, 4) is 0 Å². The number of aromatic nitrogens is 2. The fraction of sp³-hybridized carbons (Fsp3) is 0.667. The van der Waals surface area contributed by atoms with Crippen LogP contribution in [0.1, 0.15) is 49.5 Å². The first-order chi connectivity index (χ1) is 13.1. The fourth-order valence-corrected chi connectivity index (χ4v) is 5.59. The van der Waals surface area contributed by atoms with Gasteiger partial charge < -0.3 is 9.80 Å². The Bertz CT molecular complexity index is 825. The summed E-state index contributed by atoms with van der Waals surface area (Å²) in [5.41, 5.74) is 1.29. The van der Waals surface area contributed by atoms with E-state index in [2.05, 4.69) is 40.5 Å². The highest BCUT2D eigenvalue weighted by Crippen LogP contribution is 2.36. The molecule has 2 fully saturated rings. The van der Waals surface area contributed by atoms with E-state index in [9.17, 15) is 4.79 Å². The van der Waals surface area contributed by atoms with Crippen molar-refractivity contribution in [1.29, 1.82) is 0 Å². The second-order valence-corrected chi connectivity index (χ2v) is 9.33. The minimum Gasteiger partial charge on any atom is -0.356 e. The largest absolute Gasteiger partial charge is 0.356 e. The lowest BCUT2D eigenvalue weighted by molar-refractivity contribution is -0.138. The van der Waals surface area contributed by atoms with Crippen LogP contribution in [-0.4, -0.2) is 47.0 Å². The standard InChI is InChI=1S/C21H30N4OS/c1-4-16-6-5-9-25(12-16)21(26)17-7-10-24(11-8-17)19-18-14(2)15(3)27-20(18)23-13-22-19/h13,16-17H,4-12H2,1-3H3. The molecule has 0 bridgehead atoms. The van der Waals surface area contributed by atoms with Crippen molar-refractivity contribution < 1.29 is 4.79 Å². The maximum absolute atomic E-state index is 13.0. The zero-order valence-corrected chi connectivity index (χ0v) is 17.5. The van der Waals surface area contributed by atoms with E-state index in [0.29, 0.717) is 11.8 Å². The van der Waals surface area contributed by atoms with Crippen LogP contribution >= 0.6 is 11.3 Å². The molecule has 2 aliphatic heterocycles. The van der Waals surface area contributed by atoms with Gasteiger partial charge in [0.1, 0.15) is 17.0 Å². The Kier molecular flexibility index (Phi) is 5.35. The summed E-state index contributed by atoms with van der Waals surface area (Å²) in [6, 6.07) is 0. The number of fused-ring (bicyclic) bond motifs is 1. The van der Waals surface area contributed by atoms with Gasteiger partial charge in [0.05, 0.1) is 5.39 Å². The Hall–Kier alpha value is -1.69. The number of aryl methyl sites for hydroxylation is 2. The van der Waals surface area contributed by atoms with Gasteiger partial charge in [-0.15, -0.1) is 11.3 Å². The van der Waals surface area contributed by atoms with Gasteiger partial charge in [0.15, 0.2) is 0 Å². The van der Waals surface area contributed by atoms with Crippen LogP contribution in [0.2, 0.25) is 0 Å². The molecule has 0 spiro atoms. The average molecular weight is 387 g/mol. The first kappa shape index (κ1) is 18.7. The summed E-state index contributed by atoms with van der Waals surface area (Å²) in [4.78, 5) is 29.0. The topological polar surface area (TPSA) is 49.3 Å². The maximum atomic E-state index is 13.0. The number of rotatable bonds is 3. The van der Waals surface area contributed by atoms with Crippen molar-refractivity contribution in [2.24, 2.45) is 11.8 Å². The van der Waals surface area contributed by atoms with E-state index in [1.165, 1.54) is 35.1 Å². The molecule has 2 aromatic rings. The van der Waals surface area contributed by atoms with Gasteiger partial charge in [-0.1, -0.05) is 13.3 Å². The number of carbonyl (C=O) groups excluding carboxylic acids is 1. The second-order valence-electron chi connectivity index (χ2n) is 8.12. The number of carbonyl (C=O) groups is 1. The zero-order chi connectivity index (χ0) is 19.0. The highest BCUT2D eigenvalue weighted by atomic mass is 32.1. The number of likely N-dealkylation sites (tertiary alicyclic amines) is 1. The molecule has 6 heteroatoms. The van der Waals surface area contributed by atoms with E-state index < -0.39 is 0 Å². The highest BCUT2D eigenvalue weighted by Gasteiger charge is 2.32. The quantitative estimate of drug-likeness (QED) is 0.794. The molecule has 0 N–H and O–H groups in total. The molecule has 4 rings (SSSR count). The van der Waals surface area contributed by atoms with Crippen LogP contribution < -0.4 is 4.90 Å². The average Bonchev–Trinajstić information content (AvgIpc) is 3.01. The van der Waals surface area contributed by atoms with Gasteiger partial charge in [-0.05, 0) is 51.0 Å². The minimum atomic E-state index is 0.180. The van der Waals surface area contributed by atoms with Gasteiger partial charge in [0, 0.05) is 37.0 Å². The minimum absolute atomic E-state index is 0.180. The Morgan fingerprint density at radius 2 is 1.96 bits per heavy atom. The molecule has 27 heavy (non-hydrogen) atoms. The van der Waals surface area contributed by atoms with Gasteiger partial charge in [0.2, 0.25) is 5.91 Å². The molecule has 1 amide bonds. The Balaban J connectivity index is 1.44. The molecule has 0 aliphatic carbocycles. The number of hydrogen-bond acceptors (Lipinski definition) is 5. The molecule has 0 radical (unpaired) electrons. The third-order valence-corrected chi connectivity index (χ3v) is 7.61. The van der Waals surface area contributed by atoms with Gasteiger partial charge in [0.25, 0.3) is 0 Å². The van der Waals surface area contributed by atoms with Gasteiger partial charge >= 0.3 is 0 Å². The van der Waals surface area contributed by atoms with Gasteiger partial charge in [-0.2, -0.15) is 0 Å². The monoisotopic (exact) mass is 386 g/mol. The molecule has 2 saturated heterocycles. The number of thiophene rings is 1. The summed E-state index contributed by atoms with van der Waals surface area (Å²) in [5.74, 6) is 2.32. The number of hydrogen-bond donors (Lipinski definition) is 0. The number of piperidine rings is 2. The Morgan fingerprint density at radius 3 is 2.70 bits per heavy atom. The number of anilines is 1. The van der Waals surface area contributed by atoms with E-state index in [0.717, 1.165) is 49.7 Å². The highest BCUT2D eigenvalue weighted by molar-refractivity contribution is 7.18. The van der Waals surface area contributed by atoms with Gasteiger partial charge in [-0.25, -0.2) is 9.97 Å². The summed E-state index contributed by atoms with van der Waals surface area (Å²) in [7, 11) is 0. The molecule has 1 unspecified atom stereocenters. The Labute approximate surface area is 165 Å². The smallest absolute Gasteiger partial charge is 0.225 e. The van der Waals surface area contributed by atoms with E-state index in [1.54, 1.807) is 17.7 Å². The third kappa shape index (κ3) is 3.56. The maximum Gasteiger partial charge on any atom is 0.225 e. The molecule has 2 aromatic heterocycles. The van der Waals surface area contributed by atoms with Crippen LogP contribution in [0.15, 0.2) is 6.33 Å². The zero-order valence-electron chi connectivity index (χ0n) is 16.7. The second kappa shape index (κ2) is 7.74. The van der Waals surface area contributed by atoms with Crippen molar-refractivity contribution in [3.05, 3.63) is 16.8 Å². The third-order valence-electron chi connectivity index (χ3n) is 6.50. The predicted molar refractivity (Wildman–Crippen MR) is 111 cm³/mol. The number of amides is 1. The Morgan fingerprint density at radius 1 is 1.19 bits per heavy atom. The van der Waals surface area contributed by atoms with E-state index in [1.807, 2.05) is 0 Å². The lowest BCUT2D eigenvalue weighted by Gasteiger charge is -2.38.